The number of benzene rings is 1. The fourth-order valence-corrected chi connectivity index (χ4v) is 1.85. The van der Waals surface area contributed by atoms with Crippen LogP contribution in [0, 0.1) is 12.8 Å². The summed E-state index contributed by atoms with van der Waals surface area (Å²) in [6.45, 7) is 6.40. The van der Waals surface area contributed by atoms with Gasteiger partial charge in [-0.1, -0.05) is 32.4 Å². The molecule has 1 aromatic carbocycles. The molecule has 0 amide bonds. The first-order chi connectivity index (χ1) is 7.63. The van der Waals surface area contributed by atoms with Gasteiger partial charge in [-0.15, -0.1) is 0 Å². The van der Waals surface area contributed by atoms with Crippen LogP contribution in [0.4, 0.5) is 0 Å². The minimum absolute atomic E-state index is 0.180. The Morgan fingerprint density at radius 1 is 1.44 bits per heavy atom. The maximum absolute atomic E-state index is 5.62. The van der Waals surface area contributed by atoms with Crippen LogP contribution >= 0.6 is 0 Å². The van der Waals surface area contributed by atoms with E-state index in [9.17, 15) is 0 Å². The van der Waals surface area contributed by atoms with Crippen molar-refractivity contribution in [3.8, 4) is 5.75 Å². The zero-order valence-electron chi connectivity index (χ0n) is 10.6. The highest BCUT2D eigenvalue weighted by Crippen LogP contribution is 2.28. The SMILES string of the molecule is CCC(C)C(NN)c1ccc(C)c(OC)c1. The van der Waals surface area contributed by atoms with Crippen molar-refractivity contribution < 1.29 is 4.74 Å². The van der Waals surface area contributed by atoms with E-state index in [0.717, 1.165) is 17.7 Å². The predicted octanol–water partition coefficient (Wildman–Crippen LogP) is 2.55. The Bertz CT molecular complexity index is 339. The molecule has 3 N–H and O–H groups in total. The third-order valence-electron chi connectivity index (χ3n) is 3.18. The van der Waals surface area contributed by atoms with E-state index in [1.807, 2.05) is 6.92 Å². The third kappa shape index (κ3) is 2.74. The van der Waals surface area contributed by atoms with E-state index in [1.165, 1.54) is 5.56 Å². The monoisotopic (exact) mass is 222 g/mol. The first kappa shape index (κ1) is 13.0. The molecular formula is C13H22N2O. The maximum Gasteiger partial charge on any atom is 0.122 e. The average molecular weight is 222 g/mol. The van der Waals surface area contributed by atoms with Crippen LogP contribution in [-0.4, -0.2) is 7.11 Å². The molecule has 0 aliphatic carbocycles. The van der Waals surface area contributed by atoms with Crippen molar-refractivity contribution in [1.82, 2.24) is 5.43 Å². The summed E-state index contributed by atoms with van der Waals surface area (Å²) in [5, 5.41) is 0. The normalized spacial score (nSPS) is 14.6. The Kier molecular flexibility index (Phi) is 4.77. The second-order valence-electron chi connectivity index (χ2n) is 4.26. The van der Waals surface area contributed by atoms with Crippen molar-refractivity contribution in [3.05, 3.63) is 29.3 Å². The van der Waals surface area contributed by atoms with Crippen molar-refractivity contribution >= 4 is 0 Å². The van der Waals surface area contributed by atoms with Crippen LogP contribution in [0.15, 0.2) is 18.2 Å². The standard InChI is InChI=1S/C13H22N2O/c1-5-9(2)13(15-14)11-7-6-10(3)12(8-11)16-4/h6-9,13,15H,5,14H2,1-4H3. The van der Waals surface area contributed by atoms with Crippen molar-refractivity contribution in [2.45, 2.75) is 33.2 Å². The largest absolute Gasteiger partial charge is 0.496 e. The van der Waals surface area contributed by atoms with Gasteiger partial charge in [-0.2, -0.15) is 0 Å². The molecule has 0 heterocycles. The Hall–Kier alpha value is -1.06. The Balaban J connectivity index is 3.01. The molecule has 0 aliphatic rings. The first-order valence-electron chi connectivity index (χ1n) is 5.74. The lowest BCUT2D eigenvalue weighted by Gasteiger charge is -2.23. The smallest absolute Gasteiger partial charge is 0.122 e. The second kappa shape index (κ2) is 5.87. The van der Waals surface area contributed by atoms with E-state index in [1.54, 1.807) is 7.11 Å². The molecule has 90 valence electrons. The molecule has 0 saturated carbocycles. The zero-order valence-corrected chi connectivity index (χ0v) is 10.6. The lowest BCUT2D eigenvalue weighted by atomic mass is 9.92. The quantitative estimate of drug-likeness (QED) is 0.594. The summed E-state index contributed by atoms with van der Waals surface area (Å²) in [5.74, 6) is 7.04. The van der Waals surface area contributed by atoms with Crippen LogP contribution < -0.4 is 16.0 Å². The molecule has 1 rings (SSSR count). The highest BCUT2D eigenvalue weighted by atomic mass is 16.5. The van der Waals surface area contributed by atoms with Crippen molar-refractivity contribution in [1.29, 1.82) is 0 Å². The minimum Gasteiger partial charge on any atom is -0.496 e. The molecule has 0 radical (unpaired) electrons. The topological polar surface area (TPSA) is 47.3 Å². The van der Waals surface area contributed by atoms with Gasteiger partial charge >= 0.3 is 0 Å². The molecular weight excluding hydrogens is 200 g/mol. The van der Waals surface area contributed by atoms with Crippen LogP contribution in [-0.2, 0) is 0 Å². The number of hydrazine groups is 1. The molecule has 0 fully saturated rings. The van der Waals surface area contributed by atoms with Gasteiger partial charge < -0.3 is 4.74 Å². The molecule has 3 heteroatoms. The van der Waals surface area contributed by atoms with Crippen LogP contribution in [0.25, 0.3) is 0 Å². The van der Waals surface area contributed by atoms with Crippen molar-refractivity contribution in [2.75, 3.05) is 7.11 Å². The number of methoxy groups -OCH3 is 1. The van der Waals surface area contributed by atoms with Gasteiger partial charge in [-0.3, -0.25) is 11.3 Å². The van der Waals surface area contributed by atoms with E-state index >= 15 is 0 Å². The van der Waals surface area contributed by atoms with Gasteiger partial charge in [0.1, 0.15) is 5.75 Å². The number of nitrogens with one attached hydrogen (secondary N) is 1. The molecule has 0 aromatic heterocycles. The highest BCUT2D eigenvalue weighted by molar-refractivity contribution is 5.38. The molecule has 0 saturated heterocycles. The lowest BCUT2D eigenvalue weighted by molar-refractivity contribution is 0.377. The van der Waals surface area contributed by atoms with Crippen molar-refractivity contribution in [2.24, 2.45) is 11.8 Å². The zero-order chi connectivity index (χ0) is 12.1. The number of aryl methyl sites for hydroxylation is 1. The summed E-state index contributed by atoms with van der Waals surface area (Å²) in [5.41, 5.74) is 5.21. The van der Waals surface area contributed by atoms with E-state index in [0.29, 0.717) is 5.92 Å². The summed E-state index contributed by atoms with van der Waals surface area (Å²) in [6, 6.07) is 6.42. The number of ether oxygens (including phenoxy) is 1. The van der Waals surface area contributed by atoms with E-state index in [-0.39, 0.29) is 6.04 Å². The summed E-state index contributed by atoms with van der Waals surface area (Å²) >= 11 is 0. The molecule has 2 atom stereocenters. The molecule has 0 bridgehead atoms. The van der Waals surface area contributed by atoms with Gasteiger partial charge in [-0.25, -0.2) is 0 Å². The van der Waals surface area contributed by atoms with Gasteiger partial charge in [0.25, 0.3) is 0 Å². The summed E-state index contributed by atoms with van der Waals surface area (Å²) in [4.78, 5) is 0. The molecule has 2 unspecified atom stereocenters. The predicted molar refractivity (Wildman–Crippen MR) is 67.3 cm³/mol. The molecule has 0 spiro atoms. The summed E-state index contributed by atoms with van der Waals surface area (Å²) in [6.07, 6.45) is 1.09. The molecule has 3 nitrogen and oxygen atoms in total. The van der Waals surface area contributed by atoms with Gasteiger partial charge in [0.05, 0.1) is 7.11 Å². The minimum atomic E-state index is 0.180. The summed E-state index contributed by atoms with van der Waals surface area (Å²) < 4.78 is 5.33. The van der Waals surface area contributed by atoms with Crippen molar-refractivity contribution in [3.63, 3.8) is 0 Å². The van der Waals surface area contributed by atoms with E-state index < -0.39 is 0 Å². The third-order valence-corrected chi connectivity index (χ3v) is 3.18. The van der Waals surface area contributed by atoms with E-state index in [4.69, 9.17) is 10.6 Å². The summed E-state index contributed by atoms with van der Waals surface area (Å²) in [7, 11) is 1.69. The molecule has 16 heavy (non-hydrogen) atoms. The van der Waals surface area contributed by atoms with Crippen LogP contribution in [0.5, 0.6) is 5.75 Å². The fourth-order valence-electron chi connectivity index (χ4n) is 1.85. The number of nitrogens with two attached hydrogens (primary N) is 1. The van der Waals surface area contributed by atoms with Crippen LogP contribution in [0.1, 0.15) is 37.4 Å². The number of rotatable bonds is 5. The lowest BCUT2D eigenvalue weighted by Crippen LogP contribution is -2.32. The Labute approximate surface area is 98.0 Å². The maximum atomic E-state index is 5.62. The molecule has 1 aromatic rings. The van der Waals surface area contributed by atoms with Crippen LogP contribution in [0.3, 0.4) is 0 Å². The average Bonchev–Trinajstić information content (AvgIpc) is 2.31. The van der Waals surface area contributed by atoms with Crippen LogP contribution in [0.2, 0.25) is 0 Å². The van der Waals surface area contributed by atoms with Gasteiger partial charge in [0.2, 0.25) is 0 Å². The Morgan fingerprint density at radius 2 is 2.12 bits per heavy atom. The second-order valence-corrected chi connectivity index (χ2v) is 4.26. The highest BCUT2D eigenvalue weighted by Gasteiger charge is 2.17. The first-order valence-corrected chi connectivity index (χ1v) is 5.74. The van der Waals surface area contributed by atoms with Gasteiger partial charge in [0, 0.05) is 6.04 Å². The fraction of sp³-hybridized carbons (Fsp3) is 0.538. The van der Waals surface area contributed by atoms with Gasteiger partial charge in [-0.05, 0) is 30.0 Å². The Morgan fingerprint density at radius 3 is 2.62 bits per heavy atom. The van der Waals surface area contributed by atoms with E-state index in [2.05, 4.69) is 37.5 Å². The number of hydrogen-bond acceptors (Lipinski definition) is 3. The number of hydrogen-bond donors (Lipinski definition) is 2. The molecule has 0 aliphatic heterocycles. The van der Waals surface area contributed by atoms with Gasteiger partial charge in [0.15, 0.2) is 0 Å².